The summed E-state index contributed by atoms with van der Waals surface area (Å²) in [5.74, 6) is 0.533. The fourth-order valence-electron chi connectivity index (χ4n) is 3.28. The van der Waals surface area contributed by atoms with E-state index in [0.717, 1.165) is 29.6 Å². The van der Waals surface area contributed by atoms with Crippen LogP contribution in [-0.4, -0.2) is 37.7 Å². The van der Waals surface area contributed by atoms with Crippen LogP contribution in [0.4, 0.5) is 13.2 Å². The minimum absolute atomic E-state index is 0. The molecule has 1 aliphatic rings. The Balaban J connectivity index is 0.00000300. The molecule has 0 aliphatic carbocycles. The SMILES string of the molecule is CN=C(NCc1nc(C(F)(F)F)cs1)NCC1(c2ccccc2)CCOCC1.I. The molecule has 1 saturated heterocycles. The Kier molecular flexibility index (Phi) is 8.71. The third kappa shape index (κ3) is 6.29. The van der Waals surface area contributed by atoms with Crippen LogP contribution in [0.1, 0.15) is 29.1 Å². The zero-order valence-corrected chi connectivity index (χ0v) is 19.1. The van der Waals surface area contributed by atoms with E-state index in [2.05, 4.69) is 32.7 Å². The average molecular weight is 540 g/mol. The molecule has 1 fully saturated rings. The minimum Gasteiger partial charge on any atom is -0.381 e. The van der Waals surface area contributed by atoms with E-state index in [9.17, 15) is 13.2 Å². The van der Waals surface area contributed by atoms with Crippen LogP contribution in [0, 0.1) is 0 Å². The zero-order valence-electron chi connectivity index (χ0n) is 16.0. The van der Waals surface area contributed by atoms with Crippen molar-refractivity contribution in [1.29, 1.82) is 0 Å². The third-order valence-corrected chi connectivity index (χ3v) is 5.75. The maximum atomic E-state index is 12.7. The number of aliphatic imine (C=N–C) groups is 1. The average Bonchev–Trinajstić information content (AvgIpc) is 3.19. The van der Waals surface area contributed by atoms with Crippen LogP contribution in [0.25, 0.3) is 0 Å². The predicted octanol–water partition coefficient (Wildman–Crippen LogP) is 4.19. The lowest BCUT2D eigenvalue weighted by Gasteiger charge is -2.38. The molecular formula is C19H24F3IN4OS. The number of rotatable bonds is 5. The van der Waals surface area contributed by atoms with Gasteiger partial charge in [-0.15, -0.1) is 35.3 Å². The zero-order chi connectivity index (χ0) is 20.0. The number of alkyl halides is 3. The highest BCUT2D eigenvalue weighted by Gasteiger charge is 2.35. The summed E-state index contributed by atoms with van der Waals surface area (Å²) >= 11 is 0.978. The molecule has 0 spiro atoms. The molecule has 2 aromatic rings. The van der Waals surface area contributed by atoms with Crippen molar-refractivity contribution in [2.75, 3.05) is 26.8 Å². The van der Waals surface area contributed by atoms with Crippen molar-refractivity contribution in [1.82, 2.24) is 15.6 Å². The fourth-order valence-corrected chi connectivity index (χ4v) is 4.02. The Labute approximate surface area is 189 Å². The summed E-state index contributed by atoms with van der Waals surface area (Å²) in [7, 11) is 1.64. The van der Waals surface area contributed by atoms with Gasteiger partial charge in [0.05, 0.1) is 6.54 Å². The second-order valence-electron chi connectivity index (χ2n) is 6.66. The van der Waals surface area contributed by atoms with Crippen LogP contribution < -0.4 is 10.6 Å². The van der Waals surface area contributed by atoms with Crippen molar-refractivity contribution in [3.8, 4) is 0 Å². The first-order chi connectivity index (χ1) is 13.4. The number of thiazole rings is 1. The van der Waals surface area contributed by atoms with Gasteiger partial charge in [-0.1, -0.05) is 30.3 Å². The summed E-state index contributed by atoms with van der Waals surface area (Å²) in [6.07, 6.45) is -2.63. The molecule has 1 aromatic carbocycles. The fraction of sp³-hybridized carbons (Fsp3) is 0.474. The lowest BCUT2D eigenvalue weighted by Crippen LogP contribution is -2.47. The number of aromatic nitrogens is 1. The van der Waals surface area contributed by atoms with Crippen LogP contribution in [0.3, 0.4) is 0 Å². The molecule has 0 amide bonds. The Hall–Kier alpha value is -1.40. The van der Waals surface area contributed by atoms with E-state index in [1.54, 1.807) is 7.05 Å². The van der Waals surface area contributed by atoms with E-state index in [1.807, 2.05) is 18.2 Å². The first-order valence-electron chi connectivity index (χ1n) is 9.02. The second kappa shape index (κ2) is 10.6. The van der Waals surface area contributed by atoms with Crippen molar-refractivity contribution in [3.63, 3.8) is 0 Å². The van der Waals surface area contributed by atoms with E-state index in [-0.39, 0.29) is 35.9 Å². The molecule has 2 heterocycles. The molecule has 2 N–H and O–H groups in total. The normalized spacial score (nSPS) is 16.8. The molecule has 3 rings (SSSR count). The van der Waals surface area contributed by atoms with E-state index < -0.39 is 11.9 Å². The van der Waals surface area contributed by atoms with E-state index in [0.29, 0.717) is 30.7 Å². The number of benzene rings is 1. The van der Waals surface area contributed by atoms with Gasteiger partial charge in [0.25, 0.3) is 0 Å². The number of nitrogens with one attached hydrogen (secondary N) is 2. The highest BCUT2D eigenvalue weighted by Crippen LogP contribution is 2.34. The van der Waals surface area contributed by atoms with Crippen molar-refractivity contribution >= 4 is 41.3 Å². The van der Waals surface area contributed by atoms with Crippen molar-refractivity contribution in [2.45, 2.75) is 31.0 Å². The molecule has 10 heteroatoms. The first kappa shape index (κ1) is 23.9. The number of nitrogens with zero attached hydrogens (tertiary/aromatic N) is 2. The summed E-state index contributed by atoms with van der Waals surface area (Å²) in [4.78, 5) is 7.82. The minimum atomic E-state index is -4.42. The van der Waals surface area contributed by atoms with E-state index in [1.165, 1.54) is 5.56 Å². The largest absolute Gasteiger partial charge is 0.434 e. The van der Waals surface area contributed by atoms with Crippen molar-refractivity contribution in [2.24, 2.45) is 4.99 Å². The Morgan fingerprint density at radius 2 is 1.90 bits per heavy atom. The Bertz CT molecular complexity index is 792. The molecule has 0 unspecified atom stereocenters. The van der Waals surface area contributed by atoms with Crippen molar-refractivity contribution < 1.29 is 17.9 Å². The molecule has 0 bridgehead atoms. The Morgan fingerprint density at radius 3 is 2.48 bits per heavy atom. The molecular weight excluding hydrogens is 516 g/mol. The van der Waals surface area contributed by atoms with Crippen LogP contribution >= 0.6 is 35.3 Å². The third-order valence-electron chi connectivity index (χ3n) is 4.90. The molecule has 160 valence electrons. The quantitative estimate of drug-likeness (QED) is 0.340. The van der Waals surface area contributed by atoms with Gasteiger partial charge in [0, 0.05) is 37.6 Å². The second-order valence-corrected chi connectivity index (χ2v) is 7.60. The molecule has 29 heavy (non-hydrogen) atoms. The van der Waals surface area contributed by atoms with Crippen LogP contribution in [0.5, 0.6) is 0 Å². The summed E-state index contributed by atoms with van der Waals surface area (Å²) in [5, 5.41) is 7.76. The molecule has 5 nitrogen and oxygen atoms in total. The van der Waals surface area contributed by atoms with Gasteiger partial charge in [0.1, 0.15) is 5.01 Å². The van der Waals surface area contributed by atoms with Crippen molar-refractivity contribution in [3.05, 3.63) is 52.0 Å². The maximum Gasteiger partial charge on any atom is 0.434 e. The monoisotopic (exact) mass is 540 g/mol. The van der Waals surface area contributed by atoms with Gasteiger partial charge in [-0.05, 0) is 18.4 Å². The summed E-state index contributed by atoms with van der Waals surface area (Å²) in [6.45, 7) is 2.23. The smallest absolute Gasteiger partial charge is 0.381 e. The standard InChI is InChI=1S/C19H23F3N4OS.HI/c1-23-17(24-11-16-26-15(12-28-16)19(20,21)22)25-13-18(7-9-27-10-8-18)14-5-3-2-4-6-14;/h2-6,12H,7-11,13H2,1H3,(H2,23,24,25);1H. The predicted molar refractivity (Wildman–Crippen MR) is 119 cm³/mol. The summed E-state index contributed by atoms with van der Waals surface area (Å²) in [6, 6.07) is 10.3. The maximum absolute atomic E-state index is 12.7. The number of halogens is 4. The Morgan fingerprint density at radius 1 is 1.21 bits per heavy atom. The highest BCUT2D eigenvalue weighted by molar-refractivity contribution is 14.0. The van der Waals surface area contributed by atoms with E-state index in [4.69, 9.17) is 4.74 Å². The van der Waals surface area contributed by atoms with Crippen LogP contribution in [-0.2, 0) is 22.9 Å². The van der Waals surface area contributed by atoms with Gasteiger partial charge in [0.2, 0.25) is 0 Å². The van der Waals surface area contributed by atoms with Gasteiger partial charge in [-0.25, -0.2) is 4.98 Å². The lowest BCUT2D eigenvalue weighted by molar-refractivity contribution is -0.140. The number of hydrogen-bond acceptors (Lipinski definition) is 4. The van der Waals surface area contributed by atoms with E-state index >= 15 is 0 Å². The lowest BCUT2D eigenvalue weighted by atomic mass is 9.74. The van der Waals surface area contributed by atoms with Crippen LogP contribution in [0.15, 0.2) is 40.7 Å². The molecule has 0 atom stereocenters. The molecule has 1 aliphatic heterocycles. The molecule has 0 radical (unpaired) electrons. The van der Waals surface area contributed by atoms with Gasteiger partial charge in [-0.3, -0.25) is 4.99 Å². The number of hydrogen-bond donors (Lipinski definition) is 2. The molecule has 1 aromatic heterocycles. The molecule has 0 saturated carbocycles. The van der Waals surface area contributed by atoms with Gasteiger partial charge in [-0.2, -0.15) is 13.2 Å². The topological polar surface area (TPSA) is 58.5 Å². The van der Waals surface area contributed by atoms with Gasteiger partial charge >= 0.3 is 6.18 Å². The van der Waals surface area contributed by atoms with Gasteiger partial charge < -0.3 is 15.4 Å². The summed E-state index contributed by atoms with van der Waals surface area (Å²) < 4.78 is 43.6. The number of guanidine groups is 1. The highest BCUT2D eigenvalue weighted by atomic mass is 127. The van der Waals surface area contributed by atoms with Crippen LogP contribution in [0.2, 0.25) is 0 Å². The summed E-state index contributed by atoms with van der Waals surface area (Å²) in [5.41, 5.74) is 0.320. The van der Waals surface area contributed by atoms with Gasteiger partial charge in [0.15, 0.2) is 11.7 Å². The first-order valence-corrected chi connectivity index (χ1v) is 9.90. The number of ether oxygens (including phenoxy) is 1.